The summed E-state index contributed by atoms with van der Waals surface area (Å²) >= 11 is 0. The van der Waals surface area contributed by atoms with Crippen LogP contribution in [0.15, 0.2) is 42.5 Å². The highest BCUT2D eigenvalue weighted by atomic mass is 16.5. The molecule has 0 aliphatic heterocycles. The van der Waals surface area contributed by atoms with Gasteiger partial charge in [-0.2, -0.15) is 0 Å². The number of carbonyl (C=O) groups is 2. The van der Waals surface area contributed by atoms with Crippen molar-refractivity contribution in [3.63, 3.8) is 0 Å². The number of ether oxygens (including phenoxy) is 2. The van der Waals surface area contributed by atoms with E-state index in [-0.39, 0.29) is 18.4 Å². The lowest BCUT2D eigenvalue weighted by molar-refractivity contribution is -0.674. The zero-order chi connectivity index (χ0) is 21.0. The SMILES string of the molecule is CCOC(=O)c1ccc2c(c1)n(CC(=O)Nc1cccc(OC)c1)c(C)[n+]2CC. The van der Waals surface area contributed by atoms with Crippen molar-refractivity contribution in [1.29, 1.82) is 0 Å². The molecular weight excluding hydrogens is 370 g/mol. The summed E-state index contributed by atoms with van der Waals surface area (Å²) in [5.74, 6) is 1.07. The molecule has 0 radical (unpaired) electrons. The van der Waals surface area contributed by atoms with Gasteiger partial charge in [0.15, 0.2) is 17.6 Å². The molecule has 0 atom stereocenters. The van der Waals surface area contributed by atoms with Gasteiger partial charge in [0.2, 0.25) is 0 Å². The fraction of sp³-hybridized carbons (Fsp3) is 0.318. The van der Waals surface area contributed by atoms with Gasteiger partial charge in [0.1, 0.15) is 5.75 Å². The summed E-state index contributed by atoms with van der Waals surface area (Å²) in [6.07, 6.45) is 0. The van der Waals surface area contributed by atoms with Crippen molar-refractivity contribution >= 4 is 28.6 Å². The number of nitrogens with one attached hydrogen (secondary N) is 1. The third-order valence-electron chi connectivity index (χ3n) is 4.82. The van der Waals surface area contributed by atoms with Crippen molar-refractivity contribution in [2.75, 3.05) is 19.0 Å². The Morgan fingerprint density at radius 2 is 1.93 bits per heavy atom. The van der Waals surface area contributed by atoms with Crippen molar-refractivity contribution in [3.05, 3.63) is 53.9 Å². The first-order valence-electron chi connectivity index (χ1n) is 9.62. The highest BCUT2D eigenvalue weighted by Crippen LogP contribution is 2.19. The van der Waals surface area contributed by atoms with Gasteiger partial charge in [0.25, 0.3) is 11.7 Å². The normalized spacial score (nSPS) is 10.8. The molecule has 0 saturated carbocycles. The van der Waals surface area contributed by atoms with E-state index < -0.39 is 0 Å². The maximum Gasteiger partial charge on any atom is 0.338 e. The second-order valence-corrected chi connectivity index (χ2v) is 6.58. The van der Waals surface area contributed by atoms with Gasteiger partial charge in [-0.15, -0.1) is 0 Å². The number of imidazole rings is 1. The van der Waals surface area contributed by atoms with Gasteiger partial charge in [-0.1, -0.05) is 6.07 Å². The van der Waals surface area contributed by atoms with E-state index in [4.69, 9.17) is 9.47 Å². The standard InChI is InChI=1S/C22H25N3O4/c1-5-24-15(3)25(14-21(26)23-17-8-7-9-18(13-17)28-4)20-12-16(10-11-19(20)24)22(27)29-6-2/h7-13H,5-6,14H2,1-4H3/p+1. The molecule has 152 valence electrons. The zero-order valence-corrected chi connectivity index (χ0v) is 17.2. The third-order valence-corrected chi connectivity index (χ3v) is 4.82. The Labute approximate surface area is 169 Å². The monoisotopic (exact) mass is 396 g/mol. The molecule has 3 rings (SSSR count). The van der Waals surface area contributed by atoms with E-state index in [1.54, 1.807) is 32.2 Å². The van der Waals surface area contributed by atoms with Crippen molar-refractivity contribution in [1.82, 2.24) is 4.57 Å². The fourth-order valence-electron chi connectivity index (χ4n) is 3.45. The van der Waals surface area contributed by atoms with Crippen LogP contribution in [0.4, 0.5) is 5.69 Å². The smallest absolute Gasteiger partial charge is 0.338 e. The molecule has 0 aliphatic rings. The average molecular weight is 396 g/mol. The Kier molecular flexibility index (Phi) is 6.16. The largest absolute Gasteiger partial charge is 0.497 e. The van der Waals surface area contributed by atoms with Crippen molar-refractivity contribution in [2.45, 2.75) is 33.9 Å². The molecule has 1 heterocycles. The van der Waals surface area contributed by atoms with Gasteiger partial charge < -0.3 is 14.8 Å². The second kappa shape index (κ2) is 8.77. The van der Waals surface area contributed by atoms with E-state index in [9.17, 15) is 9.59 Å². The number of amides is 1. The molecular formula is C22H26N3O4+. The zero-order valence-electron chi connectivity index (χ0n) is 17.2. The molecule has 1 amide bonds. The molecule has 0 spiro atoms. The van der Waals surface area contributed by atoms with E-state index in [0.29, 0.717) is 23.6 Å². The van der Waals surface area contributed by atoms with Gasteiger partial charge in [-0.05, 0) is 38.1 Å². The number of esters is 1. The molecule has 0 saturated heterocycles. The second-order valence-electron chi connectivity index (χ2n) is 6.58. The minimum Gasteiger partial charge on any atom is -0.497 e. The van der Waals surface area contributed by atoms with Crippen molar-refractivity contribution < 1.29 is 23.6 Å². The molecule has 0 fully saturated rings. The van der Waals surface area contributed by atoms with Crippen LogP contribution >= 0.6 is 0 Å². The summed E-state index contributed by atoms with van der Waals surface area (Å²) in [4.78, 5) is 24.9. The Morgan fingerprint density at radius 1 is 1.14 bits per heavy atom. The predicted octanol–water partition coefficient (Wildman–Crippen LogP) is 3.08. The first-order valence-corrected chi connectivity index (χ1v) is 9.62. The summed E-state index contributed by atoms with van der Waals surface area (Å²) in [6.45, 7) is 6.98. The molecule has 3 aromatic rings. The molecule has 1 N–H and O–H groups in total. The lowest BCUT2D eigenvalue weighted by Gasteiger charge is -2.07. The van der Waals surface area contributed by atoms with Crippen LogP contribution in [0.5, 0.6) is 5.75 Å². The maximum absolute atomic E-state index is 12.7. The van der Waals surface area contributed by atoms with Crippen LogP contribution in [0.1, 0.15) is 30.0 Å². The van der Waals surface area contributed by atoms with Crippen LogP contribution in [-0.4, -0.2) is 30.2 Å². The van der Waals surface area contributed by atoms with E-state index in [1.807, 2.05) is 42.7 Å². The van der Waals surface area contributed by atoms with Crippen molar-refractivity contribution in [3.8, 4) is 5.75 Å². The van der Waals surface area contributed by atoms with E-state index in [0.717, 1.165) is 23.4 Å². The Bertz CT molecular complexity index is 1060. The first-order chi connectivity index (χ1) is 14.0. The summed E-state index contributed by atoms with van der Waals surface area (Å²) in [5.41, 5.74) is 2.91. The quantitative estimate of drug-likeness (QED) is 0.492. The Morgan fingerprint density at radius 3 is 2.62 bits per heavy atom. The van der Waals surface area contributed by atoms with Crippen LogP contribution in [-0.2, 0) is 22.6 Å². The third kappa shape index (κ3) is 4.23. The van der Waals surface area contributed by atoms with Crippen LogP contribution < -0.4 is 14.6 Å². The first kappa shape index (κ1) is 20.4. The fourth-order valence-corrected chi connectivity index (χ4v) is 3.45. The highest BCUT2D eigenvalue weighted by Gasteiger charge is 2.24. The number of hydrogen-bond acceptors (Lipinski definition) is 4. The number of anilines is 1. The van der Waals surface area contributed by atoms with Gasteiger partial charge >= 0.3 is 5.97 Å². The molecule has 0 aliphatic carbocycles. The van der Waals surface area contributed by atoms with Gasteiger partial charge in [-0.25, -0.2) is 13.9 Å². The number of nitrogens with zero attached hydrogens (tertiary/aromatic N) is 2. The molecule has 7 nitrogen and oxygen atoms in total. The van der Waals surface area contributed by atoms with Crippen LogP contribution in [0, 0.1) is 6.92 Å². The van der Waals surface area contributed by atoms with Gasteiger partial charge in [-0.3, -0.25) is 4.79 Å². The van der Waals surface area contributed by atoms with E-state index in [1.165, 1.54) is 0 Å². The summed E-state index contributed by atoms with van der Waals surface area (Å²) in [6, 6.07) is 12.7. The minimum absolute atomic E-state index is 0.124. The molecule has 1 aromatic heterocycles. The molecule has 29 heavy (non-hydrogen) atoms. The number of rotatable bonds is 7. The maximum atomic E-state index is 12.7. The van der Waals surface area contributed by atoms with E-state index in [2.05, 4.69) is 9.88 Å². The number of hydrogen-bond donors (Lipinski definition) is 1. The number of benzene rings is 2. The summed E-state index contributed by atoms with van der Waals surface area (Å²) in [5, 5.41) is 2.90. The average Bonchev–Trinajstić information content (AvgIpc) is 2.98. The number of carbonyl (C=O) groups excluding carboxylic acids is 2. The summed E-state index contributed by atoms with van der Waals surface area (Å²) < 4.78 is 14.3. The molecule has 0 bridgehead atoms. The molecule has 2 aromatic carbocycles. The Hall–Kier alpha value is -3.35. The van der Waals surface area contributed by atoms with Gasteiger partial charge in [0, 0.05) is 24.7 Å². The summed E-state index contributed by atoms with van der Waals surface area (Å²) in [7, 11) is 1.58. The highest BCUT2D eigenvalue weighted by molar-refractivity contribution is 5.94. The number of fused-ring (bicyclic) bond motifs is 1. The van der Waals surface area contributed by atoms with Gasteiger partial charge in [0.05, 0.1) is 25.8 Å². The molecule has 0 unspecified atom stereocenters. The molecule has 7 heteroatoms. The lowest BCUT2D eigenvalue weighted by atomic mass is 10.2. The predicted molar refractivity (Wildman–Crippen MR) is 110 cm³/mol. The van der Waals surface area contributed by atoms with E-state index >= 15 is 0 Å². The number of methoxy groups -OCH3 is 1. The van der Waals surface area contributed by atoms with Crippen LogP contribution in [0.3, 0.4) is 0 Å². The lowest BCUT2D eigenvalue weighted by Crippen LogP contribution is -2.35. The Balaban J connectivity index is 1.94. The topological polar surface area (TPSA) is 73.4 Å². The number of aryl methyl sites for hydroxylation is 1. The van der Waals surface area contributed by atoms with Crippen LogP contribution in [0.2, 0.25) is 0 Å². The minimum atomic E-state index is -0.372. The number of aromatic nitrogens is 2. The van der Waals surface area contributed by atoms with Crippen LogP contribution in [0.25, 0.3) is 11.0 Å². The van der Waals surface area contributed by atoms with Crippen molar-refractivity contribution in [2.24, 2.45) is 0 Å².